The van der Waals surface area contributed by atoms with Crippen LogP contribution in [0.5, 0.6) is 0 Å². The average Bonchev–Trinajstić information content (AvgIpc) is 3.11. The number of hydrogen-bond acceptors (Lipinski definition) is 0. The van der Waals surface area contributed by atoms with E-state index in [1.54, 1.807) is 5.82 Å². The molecule has 0 atom stereocenters. The van der Waals surface area contributed by atoms with Crippen LogP contribution in [-0.2, 0) is 19.5 Å². The zero-order valence-corrected chi connectivity index (χ0v) is 20.4. The Balaban J connectivity index is 2.38. The lowest BCUT2D eigenvalue weighted by atomic mass is 10.1. The molecule has 0 N–H and O–H groups in total. The van der Waals surface area contributed by atoms with Gasteiger partial charge in [-0.05, 0) is 32.1 Å². The van der Waals surface area contributed by atoms with Crippen molar-refractivity contribution >= 4 is 0 Å². The van der Waals surface area contributed by atoms with E-state index in [9.17, 15) is 0 Å². The maximum Gasteiger partial charge on any atom is 0.256 e. The van der Waals surface area contributed by atoms with Crippen molar-refractivity contribution in [3.8, 4) is 0 Å². The molecule has 0 unspecified atom stereocenters. The van der Waals surface area contributed by atoms with Gasteiger partial charge in [0.15, 0.2) is 0 Å². The fraction of sp³-hybridized carbons (Fsp3) is 0.889. The van der Waals surface area contributed by atoms with Crippen LogP contribution in [0.2, 0.25) is 0 Å². The van der Waals surface area contributed by atoms with Gasteiger partial charge in [0.25, 0.3) is 5.82 Å². The molecule has 0 aliphatic carbocycles. The number of rotatable bonds is 21. The molecule has 1 rings (SSSR count). The molecule has 170 valence electrons. The van der Waals surface area contributed by atoms with Crippen LogP contribution in [0, 0.1) is 0 Å². The Bertz CT molecular complexity index is 463. The molecule has 0 bridgehead atoms. The summed E-state index contributed by atoms with van der Waals surface area (Å²) in [6.07, 6.45) is 31.1. The van der Waals surface area contributed by atoms with Gasteiger partial charge in [-0.1, -0.05) is 104 Å². The molecule has 0 aliphatic heterocycles. The molecular weight excluding hydrogens is 352 g/mol. The molecule has 0 radical (unpaired) electrons. The van der Waals surface area contributed by atoms with Gasteiger partial charge < -0.3 is 0 Å². The normalized spacial score (nSPS) is 11.4. The second kappa shape index (κ2) is 19.2. The Labute approximate surface area is 183 Å². The van der Waals surface area contributed by atoms with Crippen molar-refractivity contribution < 1.29 is 4.57 Å². The monoisotopic (exact) mass is 405 g/mol. The molecule has 0 amide bonds. The van der Waals surface area contributed by atoms with E-state index in [1.165, 1.54) is 135 Å². The fourth-order valence-corrected chi connectivity index (χ4v) is 4.38. The maximum absolute atomic E-state index is 2.58. The summed E-state index contributed by atoms with van der Waals surface area (Å²) in [5.74, 6) is 1.60. The molecule has 0 aromatic carbocycles. The zero-order valence-electron chi connectivity index (χ0n) is 20.4. The van der Waals surface area contributed by atoms with Gasteiger partial charge >= 0.3 is 0 Å². The van der Waals surface area contributed by atoms with Crippen LogP contribution in [0.3, 0.4) is 0 Å². The van der Waals surface area contributed by atoms with Crippen molar-refractivity contribution in [2.75, 3.05) is 0 Å². The van der Waals surface area contributed by atoms with E-state index in [2.05, 4.69) is 42.3 Å². The molecule has 0 aliphatic rings. The number of unbranched alkanes of at least 4 members (excludes halogenated alkanes) is 15. The lowest BCUT2D eigenvalue weighted by Gasteiger charge is -2.06. The summed E-state index contributed by atoms with van der Waals surface area (Å²) >= 11 is 0. The Hall–Kier alpha value is -0.790. The van der Waals surface area contributed by atoms with Gasteiger partial charge in [-0.3, -0.25) is 0 Å². The van der Waals surface area contributed by atoms with Gasteiger partial charge in [0.05, 0.1) is 13.1 Å². The Morgan fingerprint density at radius 3 is 1.66 bits per heavy atom. The van der Waals surface area contributed by atoms with E-state index in [0.717, 1.165) is 0 Å². The van der Waals surface area contributed by atoms with E-state index in [-0.39, 0.29) is 0 Å². The lowest BCUT2D eigenvalue weighted by Crippen LogP contribution is -2.37. The number of nitrogens with zero attached hydrogens (tertiary/aromatic N) is 2. The molecule has 0 spiro atoms. The summed E-state index contributed by atoms with van der Waals surface area (Å²) in [4.78, 5) is 0. The van der Waals surface area contributed by atoms with Gasteiger partial charge in [0, 0.05) is 6.42 Å². The molecule has 29 heavy (non-hydrogen) atoms. The highest BCUT2D eigenvalue weighted by Crippen LogP contribution is 2.11. The molecular formula is C27H53N2+. The number of aromatic nitrogens is 2. The highest BCUT2D eigenvalue weighted by Gasteiger charge is 2.16. The molecule has 0 saturated carbocycles. The summed E-state index contributed by atoms with van der Waals surface area (Å²) in [6, 6.07) is 0. The SMILES string of the molecule is CCCCCCCCCC[n+]1ccn(CCCCCCCC)c1CCCCCC. The minimum atomic E-state index is 1.22. The van der Waals surface area contributed by atoms with Crippen LogP contribution < -0.4 is 4.57 Å². The van der Waals surface area contributed by atoms with Crippen LogP contribution in [0.4, 0.5) is 0 Å². The summed E-state index contributed by atoms with van der Waals surface area (Å²) in [5, 5.41) is 0. The fourth-order valence-electron chi connectivity index (χ4n) is 4.38. The third kappa shape index (κ3) is 13.2. The Kier molecular flexibility index (Phi) is 17.4. The first kappa shape index (κ1) is 26.2. The number of aryl methyl sites for hydroxylation is 2. The van der Waals surface area contributed by atoms with E-state index < -0.39 is 0 Å². The Morgan fingerprint density at radius 1 is 0.586 bits per heavy atom. The van der Waals surface area contributed by atoms with Crippen molar-refractivity contribution in [1.29, 1.82) is 0 Å². The first-order chi connectivity index (χ1) is 14.3. The smallest absolute Gasteiger partial charge is 0.234 e. The molecule has 2 nitrogen and oxygen atoms in total. The van der Waals surface area contributed by atoms with Gasteiger partial charge in [0.2, 0.25) is 0 Å². The predicted octanol–water partition coefficient (Wildman–Crippen LogP) is 8.40. The zero-order chi connectivity index (χ0) is 21.0. The minimum absolute atomic E-state index is 1.22. The van der Waals surface area contributed by atoms with Gasteiger partial charge in [-0.15, -0.1) is 0 Å². The highest BCUT2D eigenvalue weighted by atomic mass is 15.1. The topological polar surface area (TPSA) is 8.81 Å². The number of hydrogen-bond donors (Lipinski definition) is 0. The quantitative estimate of drug-likeness (QED) is 0.143. The van der Waals surface area contributed by atoms with Crippen LogP contribution in [0.25, 0.3) is 0 Å². The molecule has 1 heterocycles. The van der Waals surface area contributed by atoms with Gasteiger partial charge in [-0.25, -0.2) is 9.13 Å². The summed E-state index contributed by atoms with van der Waals surface area (Å²) in [5.41, 5.74) is 0. The van der Waals surface area contributed by atoms with Crippen molar-refractivity contribution in [3.05, 3.63) is 18.2 Å². The number of imidazole rings is 1. The van der Waals surface area contributed by atoms with Crippen LogP contribution in [0.15, 0.2) is 12.4 Å². The van der Waals surface area contributed by atoms with Crippen molar-refractivity contribution in [1.82, 2.24) is 4.57 Å². The average molecular weight is 406 g/mol. The van der Waals surface area contributed by atoms with Crippen LogP contribution in [-0.4, -0.2) is 4.57 Å². The Morgan fingerprint density at radius 2 is 1.07 bits per heavy atom. The van der Waals surface area contributed by atoms with Crippen LogP contribution in [0.1, 0.15) is 142 Å². The van der Waals surface area contributed by atoms with Crippen LogP contribution >= 0.6 is 0 Å². The third-order valence-electron chi connectivity index (χ3n) is 6.35. The van der Waals surface area contributed by atoms with E-state index in [1.807, 2.05) is 0 Å². The van der Waals surface area contributed by atoms with Crippen molar-refractivity contribution in [3.63, 3.8) is 0 Å². The van der Waals surface area contributed by atoms with Gasteiger partial charge in [-0.2, -0.15) is 0 Å². The predicted molar refractivity (Wildman–Crippen MR) is 128 cm³/mol. The largest absolute Gasteiger partial charge is 0.256 e. The summed E-state index contributed by atoms with van der Waals surface area (Å²) in [7, 11) is 0. The summed E-state index contributed by atoms with van der Waals surface area (Å²) in [6.45, 7) is 9.36. The van der Waals surface area contributed by atoms with E-state index in [0.29, 0.717) is 0 Å². The standard InChI is InChI=1S/C27H53N2/c1-4-7-10-13-15-16-18-21-24-29-26-25-28(23-20-17-14-11-8-5-2)27(29)22-19-12-9-6-3/h25-26H,4-24H2,1-3H3/q+1. The maximum atomic E-state index is 2.58. The third-order valence-corrected chi connectivity index (χ3v) is 6.35. The molecule has 2 heteroatoms. The first-order valence-corrected chi connectivity index (χ1v) is 13.4. The highest BCUT2D eigenvalue weighted by molar-refractivity contribution is 4.84. The van der Waals surface area contributed by atoms with E-state index in [4.69, 9.17) is 0 Å². The van der Waals surface area contributed by atoms with Crippen molar-refractivity contribution in [2.45, 2.75) is 156 Å². The summed E-state index contributed by atoms with van der Waals surface area (Å²) < 4.78 is 5.16. The van der Waals surface area contributed by atoms with Gasteiger partial charge in [0.1, 0.15) is 12.4 Å². The lowest BCUT2D eigenvalue weighted by molar-refractivity contribution is -0.704. The molecule has 0 saturated heterocycles. The van der Waals surface area contributed by atoms with E-state index >= 15 is 0 Å². The minimum Gasteiger partial charge on any atom is -0.234 e. The second-order valence-electron chi connectivity index (χ2n) is 9.15. The molecule has 1 aromatic rings. The molecule has 0 fully saturated rings. The first-order valence-electron chi connectivity index (χ1n) is 13.4. The molecule has 1 aromatic heterocycles. The van der Waals surface area contributed by atoms with Crippen molar-refractivity contribution in [2.24, 2.45) is 0 Å². The second-order valence-corrected chi connectivity index (χ2v) is 9.15.